The van der Waals surface area contributed by atoms with E-state index in [-0.39, 0.29) is 24.2 Å². The van der Waals surface area contributed by atoms with Crippen LogP contribution in [0.5, 0.6) is 0 Å². The van der Waals surface area contributed by atoms with Gasteiger partial charge in [-0.05, 0) is 24.8 Å². The molecule has 1 amide bonds. The van der Waals surface area contributed by atoms with E-state index in [1.165, 1.54) is 0 Å². The van der Waals surface area contributed by atoms with Crippen LogP contribution in [0, 0.1) is 17.8 Å². The molecule has 0 aromatic carbocycles. The molecule has 4 atom stereocenters. The molecule has 0 radical (unpaired) electrons. The monoisotopic (exact) mass is 231 g/mol. The van der Waals surface area contributed by atoms with Gasteiger partial charge in [-0.2, -0.15) is 0 Å². The quantitative estimate of drug-likeness (QED) is 0.592. The molecule has 0 spiro atoms. The summed E-state index contributed by atoms with van der Waals surface area (Å²) in [6, 6.07) is 0.490. The summed E-state index contributed by atoms with van der Waals surface area (Å²) in [5.41, 5.74) is 0. The van der Waals surface area contributed by atoms with Crippen molar-refractivity contribution < 1.29 is 4.79 Å². The van der Waals surface area contributed by atoms with Crippen LogP contribution < -0.4 is 16.0 Å². The van der Waals surface area contributed by atoms with E-state index in [9.17, 15) is 4.79 Å². The number of amides is 1. The topological polar surface area (TPSA) is 53.2 Å². The van der Waals surface area contributed by atoms with Crippen molar-refractivity contribution in [2.45, 2.75) is 12.5 Å². The fourth-order valence-electron chi connectivity index (χ4n) is 2.79. The second-order valence-electron chi connectivity index (χ2n) is 4.71. The minimum absolute atomic E-state index is 0. The van der Waals surface area contributed by atoms with E-state index < -0.39 is 0 Å². The first-order valence-electron chi connectivity index (χ1n) is 5.58. The van der Waals surface area contributed by atoms with Gasteiger partial charge in [-0.3, -0.25) is 4.79 Å². The Bertz CT molecular complexity index is 245. The van der Waals surface area contributed by atoms with Crippen molar-refractivity contribution in [2.24, 2.45) is 17.8 Å². The molecular formula is C10H18ClN3O. The Hall–Kier alpha value is -0.320. The van der Waals surface area contributed by atoms with Gasteiger partial charge in [0.25, 0.3) is 0 Å². The third-order valence-electron chi connectivity index (χ3n) is 3.83. The van der Waals surface area contributed by atoms with E-state index in [1.54, 1.807) is 0 Å². The van der Waals surface area contributed by atoms with E-state index in [0.717, 1.165) is 44.4 Å². The number of fused-ring (bicyclic) bond motifs is 1. The molecule has 1 aliphatic carbocycles. The Morgan fingerprint density at radius 3 is 2.47 bits per heavy atom. The first-order valence-corrected chi connectivity index (χ1v) is 5.58. The smallest absolute Gasteiger partial charge is 0.224 e. The lowest BCUT2D eigenvalue weighted by atomic mass is 10.1. The van der Waals surface area contributed by atoms with Crippen molar-refractivity contribution in [3.63, 3.8) is 0 Å². The standard InChI is InChI=1S/C10H17N3O.ClH/c14-10(6-1-2-11-3-6)13-9-7-4-12-5-8(7)9;/h6-9,11-12H,1-5H2,(H,13,14);1H/t6?,7-,8+,9?;. The van der Waals surface area contributed by atoms with Crippen molar-refractivity contribution >= 4 is 18.3 Å². The number of nitrogens with one attached hydrogen (secondary N) is 3. The van der Waals surface area contributed by atoms with Crippen molar-refractivity contribution in [2.75, 3.05) is 26.2 Å². The molecule has 5 heteroatoms. The summed E-state index contributed by atoms with van der Waals surface area (Å²) in [6.45, 7) is 4.06. The number of hydrogen-bond donors (Lipinski definition) is 3. The van der Waals surface area contributed by atoms with Crippen molar-refractivity contribution in [1.29, 1.82) is 0 Å². The summed E-state index contributed by atoms with van der Waals surface area (Å²) < 4.78 is 0. The molecule has 3 fully saturated rings. The molecule has 15 heavy (non-hydrogen) atoms. The van der Waals surface area contributed by atoms with Crippen LogP contribution in [0.15, 0.2) is 0 Å². The molecule has 2 heterocycles. The summed E-state index contributed by atoms with van der Waals surface area (Å²) in [6.07, 6.45) is 1.01. The first-order chi connectivity index (χ1) is 6.86. The zero-order chi connectivity index (χ0) is 9.54. The molecule has 86 valence electrons. The Morgan fingerprint density at radius 1 is 1.13 bits per heavy atom. The molecule has 0 bridgehead atoms. The van der Waals surface area contributed by atoms with Gasteiger partial charge >= 0.3 is 0 Å². The highest BCUT2D eigenvalue weighted by Gasteiger charge is 2.53. The zero-order valence-electron chi connectivity index (χ0n) is 8.66. The van der Waals surface area contributed by atoms with Crippen LogP contribution in [-0.4, -0.2) is 38.1 Å². The Morgan fingerprint density at radius 2 is 1.87 bits per heavy atom. The number of piperidine rings is 1. The predicted molar refractivity (Wildman–Crippen MR) is 60.0 cm³/mol. The van der Waals surface area contributed by atoms with Crippen LogP contribution in [-0.2, 0) is 4.79 Å². The zero-order valence-corrected chi connectivity index (χ0v) is 9.48. The molecule has 0 aromatic heterocycles. The second-order valence-corrected chi connectivity index (χ2v) is 4.71. The number of halogens is 1. The van der Waals surface area contributed by atoms with Crippen LogP contribution in [0.3, 0.4) is 0 Å². The molecule has 4 nitrogen and oxygen atoms in total. The molecule has 3 aliphatic rings. The fourth-order valence-corrected chi connectivity index (χ4v) is 2.79. The summed E-state index contributed by atoms with van der Waals surface area (Å²) in [5.74, 6) is 1.96. The molecule has 3 rings (SSSR count). The van der Waals surface area contributed by atoms with Crippen LogP contribution in [0.2, 0.25) is 0 Å². The Labute approximate surface area is 96.0 Å². The highest BCUT2D eigenvalue weighted by molar-refractivity contribution is 5.85. The van der Waals surface area contributed by atoms with Gasteiger partial charge in [-0.1, -0.05) is 0 Å². The van der Waals surface area contributed by atoms with E-state index in [0.29, 0.717) is 6.04 Å². The first kappa shape index (κ1) is 11.2. The van der Waals surface area contributed by atoms with Gasteiger partial charge < -0.3 is 16.0 Å². The van der Waals surface area contributed by atoms with Gasteiger partial charge in [0.15, 0.2) is 0 Å². The Kier molecular flexibility index (Phi) is 3.19. The van der Waals surface area contributed by atoms with Gasteiger partial charge in [0.2, 0.25) is 5.91 Å². The lowest BCUT2D eigenvalue weighted by molar-refractivity contribution is -0.124. The molecule has 2 saturated heterocycles. The highest BCUT2D eigenvalue weighted by Crippen LogP contribution is 2.41. The lowest BCUT2D eigenvalue weighted by Crippen LogP contribution is -2.37. The summed E-state index contributed by atoms with van der Waals surface area (Å²) >= 11 is 0. The van der Waals surface area contributed by atoms with Gasteiger partial charge in [-0.25, -0.2) is 0 Å². The summed E-state index contributed by atoms with van der Waals surface area (Å²) in [5, 5.41) is 9.73. The SMILES string of the molecule is Cl.O=C(NC1[C@H]2CNC[C@@H]12)C1CCNC1. The van der Waals surface area contributed by atoms with Crippen LogP contribution in [0.25, 0.3) is 0 Å². The predicted octanol–water partition coefficient (Wildman–Crippen LogP) is -0.648. The molecule has 2 aliphatic heterocycles. The fraction of sp³-hybridized carbons (Fsp3) is 0.900. The minimum atomic E-state index is 0. The number of hydrogen-bond acceptors (Lipinski definition) is 3. The summed E-state index contributed by atoms with van der Waals surface area (Å²) in [4.78, 5) is 11.8. The van der Waals surface area contributed by atoms with Gasteiger partial charge in [-0.15, -0.1) is 12.4 Å². The van der Waals surface area contributed by atoms with Gasteiger partial charge in [0, 0.05) is 25.7 Å². The van der Waals surface area contributed by atoms with E-state index in [2.05, 4.69) is 16.0 Å². The number of carbonyl (C=O) groups excluding carboxylic acids is 1. The van der Waals surface area contributed by atoms with Crippen LogP contribution in [0.4, 0.5) is 0 Å². The van der Waals surface area contributed by atoms with Gasteiger partial charge in [0.05, 0.1) is 5.92 Å². The maximum Gasteiger partial charge on any atom is 0.224 e. The molecule has 1 saturated carbocycles. The van der Waals surface area contributed by atoms with Crippen LogP contribution in [0.1, 0.15) is 6.42 Å². The molecule has 0 aromatic rings. The second kappa shape index (κ2) is 4.28. The maximum absolute atomic E-state index is 11.8. The maximum atomic E-state index is 11.8. The van der Waals surface area contributed by atoms with Crippen molar-refractivity contribution in [3.8, 4) is 0 Å². The third-order valence-corrected chi connectivity index (χ3v) is 3.83. The van der Waals surface area contributed by atoms with Crippen LogP contribution >= 0.6 is 12.4 Å². The summed E-state index contributed by atoms with van der Waals surface area (Å²) in [7, 11) is 0. The lowest BCUT2D eigenvalue weighted by Gasteiger charge is -2.11. The number of carbonyl (C=O) groups is 1. The molecular weight excluding hydrogens is 214 g/mol. The van der Waals surface area contributed by atoms with Crippen molar-refractivity contribution in [1.82, 2.24) is 16.0 Å². The van der Waals surface area contributed by atoms with E-state index >= 15 is 0 Å². The normalized spacial score (nSPS) is 41.9. The Balaban J connectivity index is 0.000000853. The number of rotatable bonds is 2. The minimum Gasteiger partial charge on any atom is -0.352 e. The molecule has 2 unspecified atom stereocenters. The van der Waals surface area contributed by atoms with Gasteiger partial charge in [0.1, 0.15) is 0 Å². The van der Waals surface area contributed by atoms with Crippen molar-refractivity contribution in [3.05, 3.63) is 0 Å². The largest absolute Gasteiger partial charge is 0.352 e. The average molecular weight is 232 g/mol. The van der Waals surface area contributed by atoms with E-state index in [4.69, 9.17) is 0 Å². The van der Waals surface area contributed by atoms with E-state index in [1.807, 2.05) is 0 Å². The third kappa shape index (κ3) is 1.98. The average Bonchev–Trinajstić information content (AvgIpc) is 2.75. The molecule has 3 N–H and O–H groups in total. The highest BCUT2D eigenvalue weighted by atomic mass is 35.5.